The lowest BCUT2D eigenvalue weighted by Crippen LogP contribution is -2.34. The molecule has 0 spiro atoms. The molecule has 1 N–H and O–H groups in total. The van der Waals surface area contributed by atoms with Gasteiger partial charge in [0.1, 0.15) is 5.75 Å². The van der Waals surface area contributed by atoms with Crippen molar-refractivity contribution in [2.45, 2.75) is 39.1 Å². The van der Waals surface area contributed by atoms with Crippen LogP contribution in [0, 0.1) is 0 Å². The predicted molar refractivity (Wildman–Crippen MR) is 118 cm³/mol. The summed E-state index contributed by atoms with van der Waals surface area (Å²) in [6.45, 7) is 8.48. The van der Waals surface area contributed by atoms with Gasteiger partial charge < -0.3 is 9.64 Å². The molecule has 0 radical (unpaired) electrons. The van der Waals surface area contributed by atoms with E-state index in [0.717, 1.165) is 39.2 Å². The van der Waals surface area contributed by atoms with Crippen LogP contribution in [0.2, 0.25) is 0 Å². The summed E-state index contributed by atoms with van der Waals surface area (Å²) in [7, 11) is 1.98. The molecule has 0 fully saturated rings. The number of benzene rings is 1. The Morgan fingerprint density at radius 1 is 1.14 bits per heavy atom. The van der Waals surface area contributed by atoms with Crippen LogP contribution in [0.4, 0.5) is 0 Å². The standard InChI is InChI=1S/C23H25ClN4O/c1-13(2)16-9-6-7-11-18(16)29-21-19(14(3)15(4)28(5)22(21)24)20-17-10-8-12-25-23(17)27-26-20/h6-13,22H,1-5H3,(H,25,26,27). The molecule has 0 saturated heterocycles. The first kappa shape index (κ1) is 19.5. The van der Waals surface area contributed by atoms with Crippen LogP contribution in [-0.2, 0) is 0 Å². The maximum Gasteiger partial charge on any atom is 0.181 e. The maximum absolute atomic E-state index is 6.90. The molecule has 0 aliphatic carbocycles. The van der Waals surface area contributed by atoms with Crippen molar-refractivity contribution in [3.05, 3.63) is 70.9 Å². The van der Waals surface area contributed by atoms with E-state index in [1.807, 2.05) is 42.3 Å². The summed E-state index contributed by atoms with van der Waals surface area (Å²) in [5.41, 5.74) is 5.38. The first-order valence-corrected chi connectivity index (χ1v) is 10.2. The summed E-state index contributed by atoms with van der Waals surface area (Å²) in [6, 6.07) is 12.0. The molecule has 1 atom stereocenters. The molecule has 1 aliphatic heterocycles. The minimum atomic E-state index is -0.441. The number of hydrogen-bond acceptors (Lipinski definition) is 4. The minimum absolute atomic E-state index is 0.334. The topological polar surface area (TPSA) is 54.0 Å². The van der Waals surface area contributed by atoms with Crippen molar-refractivity contribution in [3.63, 3.8) is 0 Å². The number of fused-ring (bicyclic) bond motifs is 1. The van der Waals surface area contributed by atoms with E-state index in [1.54, 1.807) is 6.20 Å². The summed E-state index contributed by atoms with van der Waals surface area (Å²) in [4.78, 5) is 6.39. The number of hydrogen-bond donors (Lipinski definition) is 1. The smallest absolute Gasteiger partial charge is 0.181 e. The largest absolute Gasteiger partial charge is 0.457 e. The average Bonchev–Trinajstić information content (AvgIpc) is 3.14. The zero-order valence-electron chi connectivity index (χ0n) is 17.3. The quantitative estimate of drug-likeness (QED) is 0.446. The lowest BCUT2D eigenvalue weighted by atomic mass is 9.95. The van der Waals surface area contributed by atoms with Gasteiger partial charge in [0.05, 0.1) is 5.69 Å². The van der Waals surface area contributed by atoms with E-state index in [0.29, 0.717) is 17.3 Å². The third-order valence-electron chi connectivity index (χ3n) is 5.59. The van der Waals surface area contributed by atoms with Gasteiger partial charge in [0.15, 0.2) is 16.9 Å². The fourth-order valence-corrected chi connectivity index (χ4v) is 4.02. The van der Waals surface area contributed by atoms with Crippen LogP contribution in [0.5, 0.6) is 5.75 Å². The number of pyridine rings is 1. The Labute approximate surface area is 176 Å². The minimum Gasteiger partial charge on any atom is -0.457 e. The van der Waals surface area contributed by atoms with Crippen molar-refractivity contribution in [2.75, 3.05) is 7.05 Å². The van der Waals surface area contributed by atoms with Crippen molar-refractivity contribution in [3.8, 4) is 5.75 Å². The van der Waals surface area contributed by atoms with Crippen molar-refractivity contribution in [2.24, 2.45) is 0 Å². The lowest BCUT2D eigenvalue weighted by Gasteiger charge is -2.35. The van der Waals surface area contributed by atoms with E-state index >= 15 is 0 Å². The second-order valence-corrected chi connectivity index (χ2v) is 8.08. The van der Waals surface area contributed by atoms with Crippen LogP contribution in [0.25, 0.3) is 16.6 Å². The van der Waals surface area contributed by atoms with Gasteiger partial charge in [-0.3, -0.25) is 5.10 Å². The molecule has 3 aromatic rings. The van der Waals surface area contributed by atoms with Crippen molar-refractivity contribution in [1.82, 2.24) is 20.1 Å². The van der Waals surface area contributed by atoms with Crippen LogP contribution < -0.4 is 4.74 Å². The van der Waals surface area contributed by atoms with Gasteiger partial charge in [-0.25, -0.2) is 4.98 Å². The third kappa shape index (κ3) is 3.29. The summed E-state index contributed by atoms with van der Waals surface area (Å²) in [5, 5.41) is 8.49. The van der Waals surface area contributed by atoms with Crippen LogP contribution in [-0.4, -0.2) is 32.6 Å². The number of nitrogens with zero attached hydrogens (tertiary/aromatic N) is 3. The SMILES string of the molecule is CC1=C(C)N(C)C(Cl)C(Oc2ccccc2C(C)C)=C1c1[nH]nc2ncccc12. The molecule has 29 heavy (non-hydrogen) atoms. The van der Waals surface area contributed by atoms with Gasteiger partial charge >= 0.3 is 0 Å². The molecule has 3 heterocycles. The van der Waals surface area contributed by atoms with Gasteiger partial charge in [-0.1, -0.05) is 43.6 Å². The fraction of sp³-hybridized carbons (Fsp3) is 0.304. The first-order valence-electron chi connectivity index (χ1n) is 9.75. The monoisotopic (exact) mass is 408 g/mol. The molecule has 150 valence electrons. The number of rotatable bonds is 4. The van der Waals surface area contributed by atoms with E-state index < -0.39 is 5.50 Å². The Morgan fingerprint density at radius 3 is 2.66 bits per heavy atom. The van der Waals surface area contributed by atoms with Gasteiger partial charge in [0.2, 0.25) is 0 Å². The number of halogens is 1. The molecule has 0 saturated carbocycles. The van der Waals surface area contributed by atoms with Gasteiger partial charge in [0.25, 0.3) is 0 Å². The maximum atomic E-state index is 6.90. The molecule has 1 aromatic carbocycles. The number of ether oxygens (including phenoxy) is 1. The van der Waals surface area contributed by atoms with Crippen LogP contribution >= 0.6 is 11.6 Å². The predicted octanol–water partition coefficient (Wildman–Crippen LogP) is 5.68. The Bertz CT molecular complexity index is 1130. The lowest BCUT2D eigenvalue weighted by molar-refractivity contribution is 0.307. The van der Waals surface area contributed by atoms with Gasteiger partial charge in [-0.2, -0.15) is 5.10 Å². The number of nitrogens with one attached hydrogen (secondary N) is 1. The molecular formula is C23H25ClN4O. The van der Waals surface area contributed by atoms with Gasteiger partial charge in [0, 0.05) is 29.9 Å². The number of para-hydroxylation sites is 1. The Kier molecular flexibility index (Phi) is 5.09. The highest BCUT2D eigenvalue weighted by Crippen LogP contribution is 2.41. The van der Waals surface area contributed by atoms with E-state index in [2.05, 4.69) is 48.9 Å². The number of alkyl halides is 1. The van der Waals surface area contributed by atoms with Crippen molar-refractivity contribution >= 4 is 28.2 Å². The number of aromatic nitrogens is 3. The van der Waals surface area contributed by atoms with Crippen LogP contribution in [0.3, 0.4) is 0 Å². The second-order valence-electron chi connectivity index (χ2n) is 7.66. The number of H-pyrrole nitrogens is 1. The van der Waals surface area contributed by atoms with E-state index in [-0.39, 0.29) is 0 Å². The van der Waals surface area contributed by atoms with Crippen LogP contribution in [0.15, 0.2) is 59.6 Å². The molecule has 2 aromatic heterocycles. The molecule has 1 unspecified atom stereocenters. The summed E-state index contributed by atoms with van der Waals surface area (Å²) in [5.74, 6) is 1.85. The van der Waals surface area contributed by atoms with E-state index in [4.69, 9.17) is 16.3 Å². The normalized spacial score (nSPS) is 17.6. The highest BCUT2D eigenvalue weighted by molar-refractivity contribution is 6.23. The zero-order chi connectivity index (χ0) is 20.7. The Hall–Kier alpha value is -2.79. The molecular weight excluding hydrogens is 384 g/mol. The van der Waals surface area contributed by atoms with Crippen molar-refractivity contribution in [1.29, 1.82) is 0 Å². The summed E-state index contributed by atoms with van der Waals surface area (Å²) < 4.78 is 6.54. The van der Waals surface area contributed by atoms with E-state index in [1.165, 1.54) is 0 Å². The van der Waals surface area contributed by atoms with Crippen molar-refractivity contribution < 1.29 is 4.74 Å². The zero-order valence-corrected chi connectivity index (χ0v) is 18.1. The molecule has 6 heteroatoms. The Morgan fingerprint density at radius 2 is 1.90 bits per heavy atom. The third-order valence-corrected chi connectivity index (χ3v) is 6.08. The number of allylic oxidation sites excluding steroid dienone is 3. The number of likely N-dealkylation sites (N-methyl/N-ethyl adjacent to an activating group) is 1. The second kappa shape index (κ2) is 7.56. The van der Waals surface area contributed by atoms with Crippen LogP contribution in [0.1, 0.15) is 44.9 Å². The fourth-order valence-electron chi connectivity index (χ4n) is 3.72. The first-order chi connectivity index (χ1) is 13.9. The average molecular weight is 409 g/mol. The highest BCUT2D eigenvalue weighted by atomic mass is 35.5. The molecule has 5 nitrogen and oxygen atoms in total. The highest BCUT2D eigenvalue weighted by Gasteiger charge is 2.33. The molecule has 1 aliphatic rings. The van der Waals surface area contributed by atoms with Gasteiger partial charge in [-0.05, 0) is 49.1 Å². The van der Waals surface area contributed by atoms with E-state index in [9.17, 15) is 0 Å². The summed E-state index contributed by atoms with van der Waals surface area (Å²) in [6.07, 6.45) is 1.74. The molecule has 4 rings (SSSR count). The van der Waals surface area contributed by atoms with Gasteiger partial charge in [-0.15, -0.1) is 0 Å². The molecule has 0 amide bonds. The molecule has 0 bridgehead atoms. The summed E-state index contributed by atoms with van der Waals surface area (Å²) >= 11 is 6.90. The Balaban J connectivity index is 1.95. The number of aromatic amines is 1.